The van der Waals surface area contributed by atoms with Crippen molar-refractivity contribution in [2.45, 2.75) is 0 Å². The van der Waals surface area contributed by atoms with Gasteiger partial charge in [0.1, 0.15) is 11.9 Å². The van der Waals surface area contributed by atoms with E-state index in [0.717, 1.165) is 11.1 Å². The SMILES string of the molecule is O=C(Nc1ccc(-n2cnnn2)cc1)c1cc2ccccc2o1. The molecule has 7 heteroatoms. The molecule has 0 aliphatic carbocycles. The Bertz CT molecular complexity index is 925. The third-order valence-corrected chi connectivity index (χ3v) is 3.39. The van der Waals surface area contributed by atoms with Gasteiger partial charge in [-0.15, -0.1) is 5.10 Å². The Kier molecular flexibility index (Phi) is 3.09. The zero-order valence-corrected chi connectivity index (χ0v) is 11.9. The molecule has 1 amide bonds. The lowest BCUT2D eigenvalue weighted by molar-refractivity contribution is 0.0998. The van der Waals surface area contributed by atoms with Gasteiger partial charge in [0.2, 0.25) is 0 Å². The standard InChI is InChI=1S/C16H11N5O2/c22-16(15-9-11-3-1-2-4-14(11)23-15)18-12-5-7-13(8-6-12)21-10-17-19-20-21/h1-10H,(H,18,22). The van der Waals surface area contributed by atoms with Gasteiger partial charge in [0.25, 0.3) is 5.91 Å². The molecule has 2 aromatic heterocycles. The number of hydrogen-bond acceptors (Lipinski definition) is 5. The van der Waals surface area contributed by atoms with E-state index in [9.17, 15) is 4.79 Å². The van der Waals surface area contributed by atoms with Gasteiger partial charge in [-0.1, -0.05) is 18.2 Å². The molecule has 0 saturated heterocycles. The number of aromatic nitrogens is 4. The number of hydrogen-bond donors (Lipinski definition) is 1. The van der Waals surface area contributed by atoms with Crippen LogP contribution in [0.25, 0.3) is 16.7 Å². The Labute approximate surface area is 130 Å². The molecule has 0 aliphatic heterocycles. The predicted molar refractivity (Wildman–Crippen MR) is 83.3 cm³/mol. The molecule has 23 heavy (non-hydrogen) atoms. The highest BCUT2D eigenvalue weighted by Gasteiger charge is 2.12. The fraction of sp³-hybridized carbons (Fsp3) is 0. The molecular weight excluding hydrogens is 294 g/mol. The molecule has 112 valence electrons. The summed E-state index contributed by atoms with van der Waals surface area (Å²) < 4.78 is 7.07. The van der Waals surface area contributed by atoms with Crippen LogP contribution in [0.3, 0.4) is 0 Å². The van der Waals surface area contributed by atoms with Crippen LogP contribution in [-0.2, 0) is 0 Å². The number of carbonyl (C=O) groups is 1. The van der Waals surface area contributed by atoms with E-state index in [4.69, 9.17) is 4.42 Å². The summed E-state index contributed by atoms with van der Waals surface area (Å²) in [6.45, 7) is 0. The van der Waals surface area contributed by atoms with Crippen molar-refractivity contribution in [3.63, 3.8) is 0 Å². The summed E-state index contributed by atoms with van der Waals surface area (Å²) in [5.74, 6) is -0.0212. The van der Waals surface area contributed by atoms with E-state index in [1.807, 2.05) is 36.4 Å². The van der Waals surface area contributed by atoms with E-state index >= 15 is 0 Å². The largest absolute Gasteiger partial charge is 0.451 e. The molecule has 0 saturated carbocycles. The molecule has 1 N–H and O–H groups in total. The van der Waals surface area contributed by atoms with Gasteiger partial charge in [0.15, 0.2) is 5.76 Å². The zero-order valence-electron chi connectivity index (χ0n) is 11.9. The average molecular weight is 305 g/mol. The summed E-state index contributed by atoms with van der Waals surface area (Å²) in [6.07, 6.45) is 1.50. The number of tetrazole rings is 1. The smallest absolute Gasteiger partial charge is 0.291 e. The van der Waals surface area contributed by atoms with Gasteiger partial charge < -0.3 is 9.73 Å². The number of benzene rings is 2. The van der Waals surface area contributed by atoms with Crippen molar-refractivity contribution in [3.8, 4) is 5.69 Å². The van der Waals surface area contributed by atoms with Crippen LogP contribution >= 0.6 is 0 Å². The lowest BCUT2D eigenvalue weighted by atomic mass is 10.2. The molecule has 0 spiro atoms. The number of nitrogens with zero attached hydrogens (tertiary/aromatic N) is 4. The number of anilines is 1. The van der Waals surface area contributed by atoms with Crippen molar-refractivity contribution in [1.29, 1.82) is 0 Å². The van der Waals surface area contributed by atoms with E-state index in [0.29, 0.717) is 11.3 Å². The molecule has 0 aliphatic rings. The van der Waals surface area contributed by atoms with E-state index in [-0.39, 0.29) is 11.7 Å². The Balaban J connectivity index is 1.54. The molecule has 4 aromatic rings. The first-order valence-electron chi connectivity index (χ1n) is 6.93. The van der Waals surface area contributed by atoms with E-state index in [2.05, 4.69) is 20.8 Å². The van der Waals surface area contributed by atoms with E-state index in [1.54, 1.807) is 18.2 Å². The summed E-state index contributed by atoms with van der Waals surface area (Å²) in [5.41, 5.74) is 2.15. The zero-order chi connectivity index (χ0) is 15.6. The number of nitrogens with one attached hydrogen (secondary N) is 1. The number of para-hydroxylation sites is 1. The summed E-state index contributed by atoms with van der Waals surface area (Å²) >= 11 is 0. The van der Waals surface area contributed by atoms with Crippen LogP contribution in [0.15, 0.2) is 65.3 Å². The molecule has 0 atom stereocenters. The third-order valence-electron chi connectivity index (χ3n) is 3.39. The maximum absolute atomic E-state index is 12.3. The minimum atomic E-state index is -0.295. The summed E-state index contributed by atoms with van der Waals surface area (Å²) in [5, 5.41) is 14.7. The average Bonchev–Trinajstić information content (AvgIpc) is 3.25. The van der Waals surface area contributed by atoms with Crippen LogP contribution < -0.4 is 5.32 Å². The van der Waals surface area contributed by atoms with Crippen molar-refractivity contribution in [1.82, 2.24) is 20.2 Å². The fourth-order valence-electron chi connectivity index (χ4n) is 2.26. The van der Waals surface area contributed by atoms with Crippen LogP contribution in [0.2, 0.25) is 0 Å². The first-order chi connectivity index (χ1) is 11.3. The highest BCUT2D eigenvalue weighted by Crippen LogP contribution is 2.20. The van der Waals surface area contributed by atoms with Crippen molar-refractivity contribution in [2.75, 3.05) is 5.32 Å². The van der Waals surface area contributed by atoms with Gasteiger partial charge in [-0.2, -0.15) is 0 Å². The minimum Gasteiger partial charge on any atom is -0.451 e. The van der Waals surface area contributed by atoms with Crippen molar-refractivity contribution in [2.24, 2.45) is 0 Å². The number of furan rings is 1. The molecule has 0 fully saturated rings. The summed E-state index contributed by atoms with van der Waals surface area (Å²) in [4.78, 5) is 12.3. The molecule has 4 rings (SSSR count). The molecule has 0 unspecified atom stereocenters. The van der Waals surface area contributed by atoms with Gasteiger partial charge >= 0.3 is 0 Å². The Hall–Kier alpha value is -3.48. The highest BCUT2D eigenvalue weighted by molar-refractivity contribution is 6.04. The molecule has 2 heterocycles. The quantitative estimate of drug-likeness (QED) is 0.629. The Morgan fingerprint density at radius 1 is 1.09 bits per heavy atom. The molecule has 7 nitrogen and oxygen atoms in total. The van der Waals surface area contributed by atoms with E-state index < -0.39 is 0 Å². The number of carbonyl (C=O) groups excluding carboxylic acids is 1. The number of amides is 1. The van der Waals surface area contributed by atoms with Gasteiger partial charge in [0, 0.05) is 11.1 Å². The van der Waals surface area contributed by atoms with Gasteiger partial charge in [0.05, 0.1) is 5.69 Å². The van der Waals surface area contributed by atoms with Crippen molar-refractivity contribution < 1.29 is 9.21 Å². The van der Waals surface area contributed by atoms with E-state index in [1.165, 1.54) is 11.0 Å². The van der Waals surface area contributed by atoms with Crippen LogP contribution in [-0.4, -0.2) is 26.1 Å². The lowest BCUT2D eigenvalue weighted by Crippen LogP contribution is -2.10. The summed E-state index contributed by atoms with van der Waals surface area (Å²) in [7, 11) is 0. The van der Waals surface area contributed by atoms with Crippen LogP contribution in [0, 0.1) is 0 Å². The van der Waals surface area contributed by atoms with Gasteiger partial charge in [-0.3, -0.25) is 4.79 Å². The second kappa shape index (κ2) is 5.38. The molecule has 0 bridgehead atoms. The Morgan fingerprint density at radius 3 is 2.65 bits per heavy atom. The number of rotatable bonds is 3. The molecular formula is C16H11N5O2. The fourth-order valence-corrected chi connectivity index (χ4v) is 2.26. The van der Waals surface area contributed by atoms with Crippen LogP contribution in [0.4, 0.5) is 5.69 Å². The molecule has 0 radical (unpaired) electrons. The third kappa shape index (κ3) is 2.55. The minimum absolute atomic E-state index is 0.274. The van der Waals surface area contributed by atoms with Gasteiger partial charge in [-0.05, 0) is 46.8 Å². The molecule has 2 aromatic carbocycles. The maximum Gasteiger partial charge on any atom is 0.291 e. The first-order valence-corrected chi connectivity index (χ1v) is 6.93. The topological polar surface area (TPSA) is 85.8 Å². The predicted octanol–water partition coefficient (Wildman–Crippen LogP) is 2.66. The monoisotopic (exact) mass is 305 g/mol. The lowest BCUT2D eigenvalue weighted by Gasteiger charge is -2.04. The second-order valence-electron chi connectivity index (χ2n) is 4.90. The first kappa shape index (κ1) is 13.2. The second-order valence-corrected chi connectivity index (χ2v) is 4.90. The van der Waals surface area contributed by atoms with Crippen molar-refractivity contribution >= 4 is 22.6 Å². The Morgan fingerprint density at radius 2 is 1.91 bits per heavy atom. The van der Waals surface area contributed by atoms with Gasteiger partial charge in [-0.25, -0.2) is 4.68 Å². The normalized spacial score (nSPS) is 10.8. The van der Waals surface area contributed by atoms with Crippen molar-refractivity contribution in [3.05, 3.63) is 66.7 Å². The maximum atomic E-state index is 12.3. The highest BCUT2D eigenvalue weighted by atomic mass is 16.3. The van der Waals surface area contributed by atoms with Crippen LogP contribution in [0.1, 0.15) is 10.6 Å². The summed E-state index contributed by atoms with van der Waals surface area (Å²) in [6, 6.07) is 16.4. The number of fused-ring (bicyclic) bond motifs is 1. The van der Waals surface area contributed by atoms with Crippen LogP contribution in [0.5, 0.6) is 0 Å².